The zero-order valence-corrected chi connectivity index (χ0v) is 10.7. The van der Waals surface area contributed by atoms with E-state index in [1.807, 2.05) is 5.38 Å². The first-order chi connectivity index (χ1) is 8.58. The third-order valence-electron chi connectivity index (χ3n) is 2.08. The van der Waals surface area contributed by atoms with E-state index in [4.69, 9.17) is 17.3 Å². The molecule has 0 aromatic carbocycles. The van der Waals surface area contributed by atoms with Gasteiger partial charge in [0.2, 0.25) is 11.8 Å². The highest BCUT2D eigenvalue weighted by Crippen LogP contribution is 2.22. The number of fused-ring (bicyclic) bond motifs is 1. The average molecular weight is 285 g/mol. The van der Waals surface area contributed by atoms with Crippen molar-refractivity contribution in [2.45, 2.75) is 0 Å². The predicted molar refractivity (Wildman–Crippen MR) is 69.3 cm³/mol. The van der Waals surface area contributed by atoms with Gasteiger partial charge in [-0.25, -0.2) is 4.98 Å². The molecule has 3 N–H and O–H groups in total. The zero-order chi connectivity index (χ0) is 13.1. The Morgan fingerprint density at radius 2 is 2.39 bits per heavy atom. The Labute approximate surface area is 111 Å². The molecule has 0 aliphatic carbocycles. The van der Waals surface area contributed by atoms with E-state index in [-0.39, 0.29) is 6.54 Å². The number of nitrogens with two attached hydrogens (primary N) is 1. The van der Waals surface area contributed by atoms with E-state index in [0.29, 0.717) is 10.8 Å². The number of aromatic nitrogens is 2. The van der Waals surface area contributed by atoms with Crippen LogP contribution in [-0.2, 0) is 9.59 Å². The number of carbonyl (C=O) groups excluding carboxylic acids is 2. The molecule has 0 aliphatic heterocycles. The molecule has 0 bridgehead atoms. The first-order valence-electron chi connectivity index (χ1n) is 4.93. The highest BCUT2D eigenvalue weighted by atomic mass is 35.5. The van der Waals surface area contributed by atoms with Crippen molar-refractivity contribution in [2.24, 2.45) is 5.73 Å². The molecule has 2 amide bonds. The lowest BCUT2D eigenvalue weighted by Crippen LogP contribution is -2.32. The molecule has 0 unspecified atom stereocenters. The van der Waals surface area contributed by atoms with Gasteiger partial charge in [0.1, 0.15) is 0 Å². The second kappa shape index (κ2) is 5.19. The fourth-order valence-corrected chi connectivity index (χ4v) is 2.32. The number of nitrogens with one attached hydrogen (secondary N) is 1. The Bertz CT molecular complexity index is 631. The van der Waals surface area contributed by atoms with Crippen LogP contribution in [0.4, 0.5) is 0 Å². The van der Waals surface area contributed by atoms with Crippen LogP contribution in [0.5, 0.6) is 0 Å². The van der Waals surface area contributed by atoms with Crippen LogP contribution < -0.4 is 11.1 Å². The van der Waals surface area contributed by atoms with Gasteiger partial charge in [-0.05, 0) is 6.08 Å². The molecular formula is C10H9ClN4O2S. The molecule has 0 aliphatic rings. The summed E-state index contributed by atoms with van der Waals surface area (Å²) in [4.78, 5) is 26.7. The number of hydrogen-bond acceptors (Lipinski definition) is 4. The molecule has 0 radical (unpaired) electrons. The summed E-state index contributed by atoms with van der Waals surface area (Å²) in [7, 11) is 0. The number of halogens is 1. The predicted octanol–water partition coefficient (Wildman–Crippen LogP) is 0.664. The Balaban J connectivity index is 2.13. The summed E-state index contributed by atoms with van der Waals surface area (Å²) in [5.41, 5.74) is 5.52. The minimum absolute atomic E-state index is 0.197. The molecule has 0 spiro atoms. The fourth-order valence-electron chi connectivity index (χ4n) is 1.31. The van der Waals surface area contributed by atoms with Gasteiger partial charge >= 0.3 is 0 Å². The van der Waals surface area contributed by atoms with Crippen LogP contribution in [0.3, 0.4) is 0 Å². The van der Waals surface area contributed by atoms with Gasteiger partial charge in [0.25, 0.3) is 0 Å². The molecule has 18 heavy (non-hydrogen) atoms. The van der Waals surface area contributed by atoms with Crippen LogP contribution in [0.2, 0.25) is 5.15 Å². The second-order valence-corrected chi connectivity index (χ2v) is 4.59. The first kappa shape index (κ1) is 12.6. The molecule has 2 aromatic rings. The van der Waals surface area contributed by atoms with Crippen LogP contribution >= 0.6 is 22.9 Å². The maximum atomic E-state index is 11.4. The topological polar surface area (TPSA) is 89.5 Å². The van der Waals surface area contributed by atoms with Crippen molar-refractivity contribution in [1.29, 1.82) is 0 Å². The molecular weight excluding hydrogens is 276 g/mol. The minimum atomic E-state index is -0.598. The van der Waals surface area contributed by atoms with Crippen LogP contribution in [0.25, 0.3) is 11.0 Å². The van der Waals surface area contributed by atoms with Gasteiger partial charge < -0.3 is 11.1 Å². The van der Waals surface area contributed by atoms with Crippen LogP contribution in [0.1, 0.15) is 5.69 Å². The normalized spacial score (nSPS) is 11.2. The van der Waals surface area contributed by atoms with Gasteiger partial charge in [0.15, 0.2) is 10.1 Å². The van der Waals surface area contributed by atoms with E-state index in [9.17, 15) is 9.59 Å². The van der Waals surface area contributed by atoms with Crippen LogP contribution in [0, 0.1) is 0 Å². The van der Waals surface area contributed by atoms with E-state index in [2.05, 4.69) is 10.3 Å². The van der Waals surface area contributed by atoms with Crippen molar-refractivity contribution in [2.75, 3.05) is 6.54 Å². The van der Waals surface area contributed by atoms with Gasteiger partial charge in [0, 0.05) is 17.7 Å². The summed E-state index contributed by atoms with van der Waals surface area (Å²) in [6, 6.07) is 0. The van der Waals surface area contributed by atoms with Crippen LogP contribution in [-0.4, -0.2) is 27.7 Å². The Hall–Kier alpha value is -1.86. The lowest BCUT2D eigenvalue weighted by Gasteiger charge is -1.96. The molecule has 2 heterocycles. The molecule has 2 aromatic heterocycles. The Kier molecular flexibility index (Phi) is 3.63. The number of imidazole rings is 1. The number of rotatable bonds is 4. The highest BCUT2D eigenvalue weighted by Gasteiger charge is 2.08. The van der Waals surface area contributed by atoms with E-state index < -0.39 is 11.8 Å². The number of nitrogens with zero attached hydrogens (tertiary/aromatic N) is 2. The Morgan fingerprint density at radius 3 is 3.11 bits per heavy atom. The van der Waals surface area contributed by atoms with E-state index in [1.54, 1.807) is 10.6 Å². The van der Waals surface area contributed by atoms with Gasteiger partial charge in [-0.1, -0.05) is 11.6 Å². The summed E-state index contributed by atoms with van der Waals surface area (Å²) in [6.07, 6.45) is 4.61. The summed E-state index contributed by atoms with van der Waals surface area (Å²) < 4.78 is 1.77. The largest absolute Gasteiger partial charge is 0.368 e. The number of carbonyl (C=O) groups is 2. The molecule has 0 atom stereocenters. The highest BCUT2D eigenvalue weighted by molar-refractivity contribution is 7.15. The van der Waals surface area contributed by atoms with Crippen molar-refractivity contribution in [1.82, 2.24) is 14.7 Å². The van der Waals surface area contributed by atoms with Crippen molar-refractivity contribution < 1.29 is 9.59 Å². The third kappa shape index (κ3) is 2.69. The van der Waals surface area contributed by atoms with Gasteiger partial charge in [-0.15, -0.1) is 11.3 Å². The van der Waals surface area contributed by atoms with Gasteiger partial charge in [0.05, 0.1) is 12.2 Å². The van der Waals surface area contributed by atoms with Crippen molar-refractivity contribution >= 4 is 45.8 Å². The lowest BCUT2D eigenvalue weighted by molar-refractivity contribution is -0.122. The van der Waals surface area contributed by atoms with Crippen molar-refractivity contribution in [3.05, 3.63) is 28.5 Å². The zero-order valence-electron chi connectivity index (χ0n) is 9.09. The minimum Gasteiger partial charge on any atom is -0.368 e. The molecule has 6 nitrogen and oxygen atoms in total. The molecule has 8 heteroatoms. The summed E-state index contributed by atoms with van der Waals surface area (Å²) in [6.45, 7) is -0.197. The molecule has 94 valence electrons. The van der Waals surface area contributed by atoms with Crippen molar-refractivity contribution in [3.8, 4) is 0 Å². The maximum Gasteiger partial charge on any atom is 0.244 e. The average Bonchev–Trinajstić information content (AvgIpc) is 2.84. The molecule has 2 rings (SSSR count). The van der Waals surface area contributed by atoms with E-state index in [0.717, 1.165) is 4.96 Å². The van der Waals surface area contributed by atoms with Crippen molar-refractivity contribution in [3.63, 3.8) is 0 Å². The number of hydrogen-bond donors (Lipinski definition) is 2. The summed E-state index contributed by atoms with van der Waals surface area (Å²) >= 11 is 7.38. The maximum absolute atomic E-state index is 11.4. The monoisotopic (exact) mass is 284 g/mol. The van der Waals surface area contributed by atoms with E-state index in [1.165, 1.54) is 23.5 Å². The standard InChI is InChI=1S/C10H9ClN4O2S/c11-9-6(15-3-4-18-10(15)14-9)1-2-8(17)13-5-7(12)16/h1-4H,5H2,(H2,12,16)(H,13,17). The summed E-state index contributed by atoms with van der Waals surface area (Å²) in [5.74, 6) is -1.02. The Morgan fingerprint density at radius 1 is 1.61 bits per heavy atom. The lowest BCUT2D eigenvalue weighted by atomic mass is 10.4. The third-order valence-corrected chi connectivity index (χ3v) is 3.12. The first-order valence-corrected chi connectivity index (χ1v) is 6.19. The van der Waals surface area contributed by atoms with E-state index >= 15 is 0 Å². The second-order valence-electron chi connectivity index (χ2n) is 3.36. The van der Waals surface area contributed by atoms with Gasteiger partial charge in [-0.2, -0.15) is 0 Å². The molecule has 0 saturated carbocycles. The smallest absolute Gasteiger partial charge is 0.244 e. The fraction of sp³-hybridized carbons (Fsp3) is 0.100. The number of primary amides is 1. The number of thiazole rings is 1. The van der Waals surface area contributed by atoms with Gasteiger partial charge in [-0.3, -0.25) is 14.0 Å². The molecule has 0 fully saturated rings. The SMILES string of the molecule is NC(=O)CNC(=O)C=Cc1c(Cl)nc2sccn12. The molecule has 0 saturated heterocycles. The summed E-state index contributed by atoms with van der Waals surface area (Å²) in [5, 5.41) is 4.52. The quantitative estimate of drug-likeness (QED) is 0.809. The van der Waals surface area contributed by atoms with Crippen LogP contribution in [0.15, 0.2) is 17.7 Å². The number of amides is 2.